The molecule has 1 rings (SSSR count). The third-order valence-electron chi connectivity index (χ3n) is 3.43. The quantitative estimate of drug-likeness (QED) is 0.570. The molecule has 0 aliphatic heterocycles. The molecule has 0 aromatic rings. The van der Waals surface area contributed by atoms with Crippen LogP contribution in [0.5, 0.6) is 0 Å². The van der Waals surface area contributed by atoms with Crippen LogP contribution in [0.3, 0.4) is 0 Å². The monoisotopic (exact) mass is 272 g/mol. The van der Waals surface area contributed by atoms with Crippen LogP contribution in [-0.4, -0.2) is 40.3 Å². The summed E-state index contributed by atoms with van der Waals surface area (Å²) in [6.07, 6.45) is 2.57. The van der Waals surface area contributed by atoms with E-state index in [-0.39, 0.29) is 18.9 Å². The lowest BCUT2D eigenvalue weighted by Crippen LogP contribution is -2.49. The Labute approximate surface area is 111 Å². The Balaban J connectivity index is 2.42. The largest absolute Gasteiger partial charge is 0.481 e. The predicted octanol–water partition coefficient (Wildman–Crippen LogP) is 0.792. The second-order valence-electron chi connectivity index (χ2n) is 4.96. The van der Waals surface area contributed by atoms with Crippen molar-refractivity contribution >= 4 is 18.0 Å². The summed E-state index contributed by atoms with van der Waals surface area (Å²) >= 11 is 0. The van der Waals surface area contributed by atoms with Crippen molar-refractivity contribution in [3.05, 3.63) is 0 Å². The van der Waals surface area contributed by atoms with Crippen molar-refractivity contribution in [3.63, 3.8) is 0 Å². The highest BCUT2D eigenvalue weighted by Crippen LogP contribution is 2.24. The van der Waals surface area contributed by atoms with Gasteiger partial charge in [-0.25, -0.2) is 9.59 Å². The molecule has 7 heteroatoms. The molecular formula is C12H20N2O5. The van der Waals surface area contributed by atoms with Crippen molar-refractivity contribution < 1.29 is 24.6 Å². The maximum absolute atomic E-state index is 11.7. The second-order valence-corrected chi connectivity index (χ2v) is 4.96. The SMILES string of the molecule is CC1CCCC1NC(=O)N[C@@H](CCC(=O)O)C(=O)O. The number of aliphatic carboxylic acids is 2. The van der Waals surface area contributed by atoms with E-state index in [0.717, 1.165) is 19.3 Å². The van der Waals surface area contributed by atoms with Crippen LogP contribution < -0.4 is 10.6 Å². The number of hydrogen-bond donors (Lipinski definition) is 4. The van der Waals surface area contributed by atoms with E-state index in [1.165, 1.54) is 0 Å². The zero-order chi connectivity index (χ0) is 14.4. The average Bonchev–Trinajstić information content (AvgIpc) is 2.69. The highest BCUT2D eigenvalue weighted by molar-refractivity contribution is 5.83. The topological polar surface area (TPSA) is 116 Å². The summed E-state index contributed by atoms with van der Waals surface area (Å²) in [5.74, 6) is -1.93. The van der Waals surface area contributed by atoms with Crippen LogP contribution in [0, 0.1) is 5.92 Å². The molecule has 0 aromatic carbocycles. The van der Waals surface area contributed by atoms with Crippen molar-refractivity contribution in [2.45, 2.75) is 51.1 Å². The normalized spacial score (nSPS) is 23.6. The number of carboxylic acid groups (broad SMARTS) is 2. The first-order valence-corrected chi connectivity index (χ1v) is 6.41. The lowest BCUT2D eigenvalue weighted by Gasteiger charge is -2.20. The van der Waals surface area contributed by atoms with Gasteiger partial charge < -0.3 is 20.8 Å². The van der Waals surface area contributed by atoms with Gasteiger partial charge in [0.15, 0.2) is 0 Å². The Hall–Kier alpha value is -1.79. The van der Waals surface area contributed by atoms with Gasteiger partial charge in [0, 0.05) is 12.5 Å². The van der Waals surface area contributed by atoms with Gasteiger partial charge in [0.05, 0.1) is 0 Å². The summed E-state index contributed by atoms with van der Waals surface area (Å²) < 4.78 is 0. The first-order chi connectivity index (χ1) is 8.90. The maximum Gasteiger partial charge on any atom is 0.326 e. The minimum absolute atomic E-state index is 0.0638. The van der Waals surface area contributed by atoms with E-state index >= 15 is 0 Å². The molecule has 1 saturated carbocycles. The second kappa shape index (κ2) is 6.96. The highest BCUT2D eigenvalue weighted by atomic mass is 16.4. The van der Waals surface area contributed by atoms with Crippen LogP contribution in [0.2, 0.25) is 0 Å². The number of carbonyl (C=O) groups excluding carboxylic acids is 1. The molecule has 1 aliphatic carbocycles. The van der Waals surface area contributed by atoms with E-state index < -0.39 is 24.0 Å². The summed E-state index contributed by atoms with van der Waals surface area (Å²) in [5, 5.41) is 22.5. The minimum atomic E-state index is -1.23. The number of rotatable bonds is 6. The molecule has 0 radical (unpaired) electrons. The van der Waals surface area contributed by atoms with Crippen molar-refractivity contribution in [2.24, 2.45) is 5.92 Å². The van der Waals surface area contributed by atoms with Crippen LogP contribution in [0.4, 0.5) is 4.79 Å². The molecule has 2 unspecified atom stereocenters. The summed E-state index contributed by atoms with van der Waals surface area (Å²) in [6.45, 7) is 2.04. The minimum Gasteiger partial charge on any atom is -0.481 e. The number of hydrogen-bond acceptors (Lipinski definition) is 3. The van der Waals surface area contributed by atoms with Crippen molar-refractivity contribution in [2.75, 3.05) is 0 Å². The zero-order valence-electron chi connectivity index (χ0n) is 10.9. The number of amides is 2. The first kappa shape index (κ1) is 15.3. The summed E-state index contributed by atoms with van der Waals surface area (Å²) in [6, 6.07) is -1.65. The van der Waals surface area contributed by atoms with Gasteiger partial charge in [-0.3, -0.25) is 4.79 Å². The van der Waals surface area contributed by atoms with Crippen LogP contribution in [0.25, 0.3) is 0 Å². The summed E-state index contributed by atoms with van der Waals surface area (Å²) in [7, 11) is 0. The average molecular weight is 272 g/mol. The van der Waals surface area contributed by atoms with E-state index in [9.17, 15) is 14.4 Å². The molecule has 4 N–H and O–H groups in total. The zero-order valence-corrected chi connectivity index (χ0v) is 10.9. The molecule has 1 fully saturated rings. The van der Waals surface area contributed by atoms with Crippen LogP contribution in [-0.2, 0) is 9.59 Å². The van der Waals surface area contributed by atoms with Crippen LogP contribution in [0.15, 0.2) is 0 Å². The molecule has 0 saturated heterocycles. The van der Waals surface area contributed by atoms with Crippen LogP contribution >= 0.6 is 0 Å². The molecular weight excluding hydrogens is 252 g/mol. The van der Waals surface area contributed by atoms with Gasteiger partial charge in [-0.2, -0.15) is 0 Å². The van der Waals surface area contributed by atoms with E-state index in [0.29, 0.717) is 5.92 Å². The molecule has 3 atom stereocenters. The molecule has 0 bridgehead atoms. The molecule has 0 heterocycles. The molecule has 7 nitrogen and oxygen atoms in total. The molecule has 2 amide bonds. The third kappa shape index (κ3) is 5.15. The Morgan fingerprint density at radius 3 is 2.42 bits per heavy atom. The maximum atomic E-state index is 11.7. The molecule has 0 spiro atoms. The van der Waals surface area contributed by atoms with Gasteiger partial charge in [0.2, 0.25) is 0 Å². The summed E-state index contributed by atoms with van der Waals surface area (Å²) in [4.78, 5) is 33.0. The number of carbonyl (C=O) groups is 3. The van der Waals surface area contributed by atoms with Gasteiger partial charge in [-0.15, -0.1) is 0 Å². The molecule has 19 heavy (non-hydrogen) atoms. The van der Waals surface area contributed by atoms with E-state index in [4.69, 9.17) is 10.2 Å². The van der Waals surface area contributed by atoms with Gasteiger partial charge >= 0.3 is 18.0 Å². The Morgan fingerprint density at radius 2 is 1.95 bits per heavy atom. The number of urea groups is 1. The first-order valence-electron chi connectivity index (χ1n) is 6.41. The molecule has 108 valence electrons. The lowest BCUT2D eigenvalue weighted by atomic mass is 10.1. The van der Waals surface area contributed by atoms with Crippen molar-refractivity contribution in [1.29, 1.82) is 0 Å². The standard InChI is InChI=1S/C12H20N2O5/c1-7-3-2-4-8(7)13-12(19)14-9(11(17)18)5-6-10(15)16/h7-9H,2-6H2,1H3,(H,15,16)(H,17,18)(H2,13,14,19)/t7?,8?,9-/m0/s1. The fraction of sp³-hybridized carbons (Fsp3) is 0.750. The van der Waals surface area contributed by atoms with E-state index in [1.54, 1.807) is 0 Å². The van der Waals surface area contributed by atoms with Gasteiger partial charge in [-0.05, 0) is 25.2 Å². The Morgan fingerprint density at radius 1 is 1.26 bits per heavy atom. The third-order valence-corrected chi connectivity index (χ3v) is 3.43. The summed E-state index contributed by atoms with van der Waals surface area (Å²) in [5.41, 5.74) is 0. The van der Waals surface area contributed by atoms with E-state index in [2.05, 4.69) is 10.6 Å². The fourth-order valence-corrected chi connectivity index (χ4v) is 2.25. The Kier molecular flexibility index (Phi) is 5.59. The Bertz CT molecular complexity index is 358. The molecule has 0 aromatic heterocycles. The van der Waals surface area contributed by atoms with E-state index in [1.807, 2.05) is 6.92 Å². The van der Waals surface area contributed by atoms with Gasteiger partial charge in [0.1, 0.15) is 6.04 Å². The number of nitrogens with one attached hydrogen (secondary N) is 2. The van der Waals surface area contributed by atoms with Crippen molar-refractivity contribution in [1.82, 2.24) is 10.6 Å². The predicted molar refractivity (Wildman–Crippen MR) is 66.8 cm³/mol. The van der Waals surface area contributed by atoms with Gasteiger partial charge in [-0.1, -0.05) is 13.3 Å². The molecule has 1 aliphatic rings. The highest BCUT2D eigenvalue weighted by Gasteiger charge is 2.27. The van der Waals surface area contributed by atoms with Crippen molar-refractivity contribution in [3.8, 4) is 0 Å². The van der Waals surface area contributed by atoms with Crippen LogP contribution in [0.1, 0.15) is 39.0 Å². The fourth-order valence-electron chi connectivity index (χ4n) is 2.25. The van der Waals surface area contributed by atoms with Gasteiger partial charge in [0.25, 0.3) is 0 Å². The number of carboxylic acids is 2. The lowest BCUT2D eigenvalue weighted by molar-refractivity contribution is -0.140. The smallest absolute Gasteiger partial charge is 0.326 e.